The van der Waals surface area contributed by atoms with Gasteiger partial charge in [-0.15, -0.1) is 0 Å². The number of fused-ring (bicyclic) bond motifs is 4. The Balaban J connectivity index is 1.86. The third kappa shape index (κ3) is 3.26. The zero-order valence-corrected chi connectivity index (χ0v) is 16.9. The van der Waals surface area contributed by atoms with Gasteiger partial charge >= 0.3 is 6.09 Å². The van der Waals surface area contributed by atoms with Gasteiger partial charge in [0, 0.05) is 11.8 Å². The minimum absolute atomic E-state index is 0.143. The van der Waals surface area contributed by atoms with Crippen molar-refractivity contribution in [2.24, 2.45) is 0 Å². The molecule has 2 aliphatic heterocycles. The van der Waals surface area contributed by atoms with Gasteiger partial charge in [0.05, 0.1) is 30.9 Å². The first-order chi connectivity index (χ1) is 13.7. The highest BCUT2D eigenvalue weighted by Crippen LogP contribution is 2.42. The maximum atomic E-state index is 13.5. The summed E-state index contributed by atoms with van der Waals surface area (Å²) in [6, 6.07) is 10.4. The molecule has 0 saturated carbocycles. The van der Waals surface area contributed by atoms with E-state index < -0.39 is 11.7 Å². The molecule has 1 unspecified atom stereocenters. The molecule has 0 spiro atoms. The van der Waals surface area contributed by atoms with Gasteiger partial charge in [-0.3, -0.25) is 9.69 Å². The molecule has 0 aromatic heterocycles. The lowest BCUT2D eigenvalue weighted by Gasteiger charge is -2.29. The summed E-state index contributed by atoms with van der Waals surface area (Å²) in [7, 11) is 1.42. The molecule has 4 rings (SSSR count). The van der Waals surface area contributed by atoms with Crippen molar-refractivity contribution in [3.05, 3.63) is 47.5 Å². The Morgan fingerprint density at radius 1 is 1.17 bits per heavy atom. The quantitative estimate of drug-likeness (QED) is 0.795. The van der Waals surface area contributed by atoms with Crippen LogP contribution in [0.2, 0.25) is 0 Å². The number of para-hydroxylation sites is 1. The first-order valence-corrected chi connectivity index (χ1v) is 9.52. The molecule has 0 fully saturated rings. The Morgan fingerprint density at radius 3 is 2.59 bits per heavy atom. The lowest BCUT2D eigenvalue weighted by Crippen LogP contribution is -2.45. The van der Waals surface area contributed by atoms with Gasteiger partial charge in [-0.25, -0.2) is 4.79 Å². The van der Waals surface area contributed by atoms with E-state index >= 15 is 0 Å². The molecule has 2 heterocycles. The molecule has 7 nitrogen and oxygen atoms in total. The number of anilines is 2. The molecule has 1 N–H and O–H groups in total. The minimum atomic E-state index is -0.694. The third-order valence-corrected chi connectivity index (χ3v) is 5.12. The first kappa shape index (κ1) is 19.1. The molecule has 2 aromatic rings. The molecule has 0 bridgehead atoms. The highest BCUT2D eigenvalue weighted by atomic mass is 16.6. The monoisotopic (exact) mass is 396 g/mol. The molecule has 0 saturated heterocycles. The number of ether oxygens (including phenoxy) is 2. The van der Waals surface area contributed by atoms with Crippen molar-refractivity contribution in [3.63, 3.8) is 0 Å². The number of benzene rings is 2. The Morgan fingerprint density at radius 2 is 1.90 bits per heavy atom. The van der Waals surface area contributed by atoms with Crippen LogP contribution in [0.1, 0.15) is 36.7 Å². The van der Waals surface area contributed by atoms with E-state index in [1.807, 2.05) is 24.3 Å². The van der Waals surface area contributed by atoms with Crippen LogP contribution in [0.4, 0.5) is 16.2 Å². The lowest BCUT2D eigenvalue weighted by molar-refractivity contribution is 0.0578. The van der Waals surface area contributed by atoms with Gasteiger partial charge in [-0.1, -0.05) is 18.2 Å². The van der Waals surface area contributed by atoms with E-state index in [0.717, 1.165) is 11.3 Å². The van der Waals surface area contributed by atoms with E-state index in [2.05, 4.69) is 0 Å². The molecular weight excluding hydrogens is 372 g/mol. The van der Waals surface area contributed by atoms with Crippen molar-refractivity contribution in [2.75, 3.05) is 23.5 Å². The van der Waals surface area contributed by atoms with Crippen LogP contribution in [0.25, 0.3) is 0 Å². The topological polar surface area (TPSA) is 79.3 Å². The van der Waals surface area contributed by atoms with Gasteiger partial charge in [0.15, 0.2) is 11.5 Å². The van der Waals surface area contributed by atoms with Crippen LogP contribution >= 0.6 is 0 Å². The summed E-state index contributed by atoms with van der Waals surface area (Å²) < 4.78 is 10.8. The molecule has 152 valence electrons. The van der Waals surface area contributed by atoms with Crippen LogP contribution < -0.4 is 14.5 Å². The fourth-order valence-corrected chi connectivity index (χ4v) is 3.93. The van der Waals surface area contributed by atoms with Gasteiger partial charge in [0.2, 0.25) is 0 Å². The number of methoxy groups -OCH3 is 1. The maximum absolute atomic E-state index is 13.5. The van der Waals surface area contributed by atoms with E-state index in [1.54, 1.807) is 25.7 Å². The highest BCUT2D eigenvalue weighted by Gasteiger charge is 2.42. The third-order valence-electron chi connectivity index (χ3n) is 5.12. The van der Waals surface area contributed by atoms with Gasteiger partial charge in [-0.05, 0) is 44.9 Å². The van der Waals surface area contributed by atoms with E-state index in [9.17, 15) is 14.7 Å². The Labute approximate surface area is 169 Å². The molecule has 0 radical (unpaired) electrons. The van der Waals surface area contributed by atoms with Gasteiger partial charge in [0.25, 0.3) is 5.91 Å². The number of hydrogen-bond acceptors (Lipinski definition) is 5. The smallest absolute Gasteiger partial charge is 0.414 e. The molecule has 0 aliphatic carbocycles. The fourth-order valence-electron chi connectivity index (χ4n) is 3.93. The number of phenols is 1. The molecule has 7 heteroatoms. The van der Waals surface area contributed by atoms with Gasteiger partial charge in [0.1, 0.15) is 5.60 Å². The number of aromatic hydroxyl groups is 1. The summed E-state index contributed by atoms with van der Waals surface area (Å²) in [5.74, 6) is -0.207. The highest BCUT2D eigenvalue weighted by molar-refractivity contribution is 6.14. The van der Waals surface area contributed by atoms with Gasteiger partial charge in [-0.2, -0.15) is 0 Å². The lowest BCUT2D eigenvalue weighted by atomic mass is 10.1. The van der Waals surface area contributed by atoms with Crippen molar-refractivity contribution >= 4 is 23.4 Å². The van der Waals surface area contributed by atoms with Crippen molar-refractivity contribution < 1.29 is 24.2 Å². The number of hydrogen-bond donors (Lipinski definition) is 1. The second kappa shape index (κ2) is 6.69. The Bertz CT molecular complexity index is 995. The Kier molecular flexibility index (Phi) is 4.41. The predicted molar refractivity (Wildman–Crippen MR) is 109 cm³/mol. The number of carbonyl (C=O) groups excluding carboxylic acids is 2. The van der Waals surface area contributed by atoms with E-state index in [0.29, 0.717) is 12.1 Å². The summed E-state index contributed by atoms with van der Waals surface area (Å²) in [4.78, 5) is 29.7. The molecule has 2 amide bonds. The molecule has 2 aromatic carbocycles. The predicted octanol–water partition coefficient (Wildman–Crippen LogP) is 3.73. The second-order valence-electron chi connectivity index (χ2n) is 8.29. The number of rotatable bonds is 1. The van der Waals surface area contributed by atoms with E-state index in [-0.39, 0.29) is 35.6 Å². The average molecular weight is 396 g/mol. The van der Waals surface area contributed by atoms with E-state index in [4.69, 9.17) is 9.47 Å². The SMILES string of the molecule is COc1cc2c(cc1O)N(C(=O)OC(C)(C)C)CC1Cc3ccccc3N1C2=O. The van der Waals surface area contributed by atoms with Crippen LogP contribution in [0.5, 0.6) is 11.5 Å². The molecule has 1 atom stereocenters. The standard InChI is InChI=1S/C22H24N2O5/c1-22(2,3)29-21(27)23-12-14-9-13-7-5-6-8-16(13)24(14)20(26)15-10-19(28-4)18(25)11-17(15)23/h5-8,10-11,14,25H,9,12H2,1-4H3. The zero-order chi connectivity index (χ0) is 20.9. The number of amides is 2. The van der Waals surface area contributed by atoms with Crippen LogP contribution in [0.15, 0.2) is 36.4 Å². The molecule has 29 heavy (non-hydrogen) atoms. The number of nitrogens with zero attached hydrogens (tertiary/aromatic N) is 2. The summed E-state index contributed by atoms with van der Waals surface area (Å²) in [6.45, 7) is 5.63. The van der Waals surface area contributed by atoms with Gasteiger partial charge < -0.3 is 19.5 Å². The molecular formula is C22H24N2O5. The maximum Gasteiger partial charge on any atom is 0.414 e. The zero-order valence-electron chi connectivity index (χ0n) is 16.9. The normalized spacial score (nSPS) is 17.9. The average Bonchev–Trinajstić information content (AvgIpc) is 2.96. The first-order valence-electron chi connectivity index (χ1n) is 9.52. The van der Waals surface area contributed by atoms with Crippen LogP contribution in [0, 0.1) is 0 Å². The van der Waals surface area contributed by atoms with E-state index in [1.165, 1.54) is 24.1 Å². The summed E-state index contributed by atoms with van der Waals surface area (Å²) >= 11 is 0. The van der Waals surface area contributed by atoms with Crippen LogP contribution in [-0.2, 0) is 11.2 Å². The fraction of sp³-hybridized carbons (Fsp3) is 0.364. The minimum Gasteiger partial charge on any atom is -0.504 e. The summed E-state index contributed by atoms with van der Waals surface area (Å²) in [5, 5.41) is 10.3. The van der Waals surface area contributed by atoms with Crippen LogP contribution in [-0.4, -0.2) is 42.4 Å². The largest absolute Gasteiger partial charge is 0.504 e. The van der Waals surface area contributed by atoms with Crippen molar-refractivity contribution in [2.45, 2.75) is 38.8 Å². The number of carbonyl (C=O) groups is 2. The summed E-state index contributed by atoms with van der Waals surface area (Å²) in [6.07, 6.45) is 0.0760. The van der Waals surface area contributed by atoms with Crippen molar-refractivity contribution in [3.8, 4) is 11.5 Å². The van der Waals surface area contributed by atoms with Crippen LogP contribution in [0.3, 0.4) is 0 Å². The summed E-state index contributed by atoms with van der Waals surface area (Å²) in [5.41, 5.74) is 1.80. The van der Waals surface area contributed by atoms with Crippen molar-refractivity contribution in [1.82, 2.24) is 0 Å². The number of phenolic OH excluding ortho intramolecular Hbond substituents is 1. The van der Waals surface area contributed by atoms with Crippen molar-refractivity contribution in [1.29, 1.82) is 0 Å². The Hall–Kier alpha value is -3.22. The molecule has 2 aliphatic rings. The second-order valence-corrected chi connectivity index (χ2v) is 8.29.